The molecule has 1 saturated carbocycles. The van der Waals surface area contributed by atoms with Crippen LogP contribution in [-0.2, 0) is 0 Å². The van der Waals surface area contributed by atoms with Crippen molar-refractivity contribution in [2.45, 2.75) is 64.5 Å². The summed E-state index contributed by atoms with van der Waals surface area (Å²) in [5.41, 5.74) is -0.305. The van der Waals surface area contributed by atoms with Crippen LogP contribution in [0.25, 0.3) is 0 Å². The molecule has 0 heterocycles. The average molecular weight is 194 g/mol. The van der Waals surface area contributed by atoms with Crippen LogP contribution in [0.15, 0.2) is 0 Å². The summed E-state index contributed by atoms with van der Waals surface area (Å²) >= 11 is 0. The van der Waals surface area contributed by atoms with Crippen molar-refractivity contribution in [2.24, 2.45) is 5.92 Å². The van der Waals surface area contributed by atoms with Gasteiger partial charge in [-0.25, -0.2) is 0 Å². The second-order valence-electron chi connectivity index (χ2n) is 4.90. The molecule has 80 valence electrons. The van der Waals surface area contributed by atoms with E-state index >= 15 is 0 Å². The molecule has 2 atom stereocenters. The minimum atomic E-state index is -0.305. The van der Waals surface area contributed by atoms with Gasteiger partial charge in [-0.2, -0.15) is 5.26 Å². The lowest BCUT2D eigenvalue weighted by molar-refractivity contribution is 0.226. The smallest absolute Gasteiger partial charge is 0.104 e. The first-order valence-corrected chi connectivity index (χ1v) is 5.78. The summed E-state index contributed by atoms with van der Waals surface area (Å²) in [5, 5.41) is 12.6. The maximum atomic E-state index is 9.19. The van der Waals surface area contributed by atoms with E-state index in [0.29, 0.717) is 6.04 Å². The van der Waals surface area contributed by atoms with E-state index in [9.17, 15) is 5.26 Å². The monoisotopic (exact) mass is 194 g/mol. The Morgan fingerprint density at radius 3 is 2.57 bits per heavy atom. The fraction of sp³-hybridized carbons (Fsp3) is 0.917. The Labute approximate surface area is 87.7 Å². The Morgan fingerprint density at radius 2 is 2.21 bits per heavy atom. The quantitative estimate of drug-likeness (QED) is 0.730. The van der Waals surface area contributed by atoms with Gasteiger partial charge in [-0.15, -0.1) is 0 Å². The van der Waals surface area contributed by atoms with Crippen molar-refractivity contribution in [1.82, 2.24) is 5.32 Å². The fourth-order valence-corrected chi connectivity index (χ4v) is 2.06. The molecule has 0 aliphatic heterocycles. The Morgan fingerprint density at radius 1 is 1.57 bits per heavy atom. The van der Waals surface area contributed by atoms with Gasteiger partial charge >= 0.3 is 0 Å². The largest absolute Gasteiger partial charge is 0.297 e. The molecule has 0 aromatic rings. The Balaban J connectivity index is 2.43. The third-order valence-corrected chi connectivity index (χ3v) is 3.35. The van der Waals surface area contributed by atoms with E-state index in [2.05, 4.69) is 25.2 Å². The summed E-state index contributed by atoms with van der Waals surface area (Å²) in [6.45, 7) is 6.34. The minimum Gasteiger partial charge on any atom is -0.297 e. The molecule has 0 amide bonds. The molecule has 0 aromatic carbocycles. The van der Waals surface area contributed by atoms with Crippen molar-refractivity contribution in [3.05, 3.63) is 0 Å². The highest BCUT2D eigenvalue weighted by Crippen LogP contribution is 2.33. The molecule has 0 saturated heterocycles. The third-order valence-electron chi connectivity index (χ3n) is 3.35. The van der Waals surface area contributed by atoms with Crippen LogP contribution in [0.4, 0.5) is 0 Å². The molecule has 1 aliphatic rings. The molecule has 0 aromatic heterocycles. The lowest BCUT2D eigenvalue weighted by atomic mass is 9.77. The summed E-state index contributed by atoms with van der Waals surface area (Å²) in [4.78, 5) is 0. The zero-order chi connectivity index (χ0) is 10.6. The van der Waals surface area contributed by atoms with Gasteiger partial charge in [0.25, 0.3) is 0 Å². The molecule has 1 aliphatic carbocycles. The second-order valence-corrected chi connectivity index (χ2v) is 4.90. The van der Waals surface area contributed by atoms with Crippen molar-refractivity contribution in [3.63, 3.8) is 0 Å². The van der Waals surface area contributed by atoms with Crippen LogP contribution in [0.3, 0.4) is 0 Å². The number of hydrogen-bond acceptors (Lipinski definition) is 2. The Hall–Kier alpha value is -0.550. The molecule has 0 spiro atoms. The van der Waals surface area contributed by atoms with Crippen LogP contribution in [0.1, 0.15) is 52.9 Å². The van der Waals surface area contributed by atoms with Crippen LogP contribution in [-0.4, -0.2) is 11.6 Å². The highest BCUT2D eigenvalue weighted by molar-refractivity contribution is 5.06. The van der Waals surface area contributed by atoms with Gasteiger partial charge in [0.05, 0.1) is 6.07 Å². The lowest BCUT2D eigenvalue weighted by Crippen LogP contribution is -2.47. The van der Waals surface area contributed by atoms with E-state index in [0.717, 1.165) is 18.8 Å². The molecule has 1 N–H and O–H groups in total. The normalized spacial score (nSPS) is 23.3. The van der Waals surface area contributed by atoms with Crippen LogP contribution in [0.2, 0.25) is 0 Å². The van der Waals surface area contributed by atoms with Gasteiger partial charge in [0.2, 0.25) is 0 Å². The molecule has 14 heavy (non-hydrogen) atoms. The van der Waals surface area contributed by atoms with Gasteiger partial charge in [-0.3, -0.25) is 5.32 Å². The number of nitrogens with zero attached hydrogens (tertiary/aromatic N) is 1. The topological polar surface area (TPSA) is 35.8 Å². The van der Waals surface area contributed by atoms with Gasteiger partial charge in [0.1, 0.15) is 5.54 Å². The van der Waals surface area contributed by atoms with Crippen molar-refractivity contribution < 1.29 is 0 Å². The molecule has 1 rings (SSSR count). The second kappa shape index (κ2) is 4.79. The van der Waals surface area contributed by atoms with Gasteiger partial charge < -0.3 is 0 Å². The molecule has 0 bridgehead atoms. The van der Waals surface area contributed by atoms with E-state index in [1.807, 2.05) is 6.92 Å². The zero-order valence-electron chi connectivity index (χ0n) is 9.64. The molecule has 2 unspecified atom stereocenters. The highest BCUT2D eigenvalue weighted by Gasteiger charge is 2.31. The van der Waals surface area contributed by atoms with E-state index < -0.39 is 0 Å². The van der Waals surface area contributed by atoms with Crippen molar-refractivity contribution in [2.75, 3.05) is 0 Å². The van der Waals surface area contributed by atoms with E-state index in [1.165, 1.54) is 19.3 Å². The van der Waals surface area contributed by atoms with E-state index in [-0.39, 0.29) is 5.54 Å². The maximum absolute atomic E-state index is 9.19. The van der Waals surface area contributed by atoms with E-state index in [1.54, 1.807) is 0 Å². The molecule has 0 radical (unpaired) electrons. The molecule has 2 nitrogen and oxygen atoms in total. The summed E-state index contributed by atoms with van der Waals surface area (Å²) in [7, 11) is 0. The molecule has 2 heteroatoms. The standard InChI is InChI=1S/C12H22N2/c1-4-10(2)14-12(3,9-13)8-11-6-5-7-11/h10-11,14H,4-8H2,1-3H3. The van der Waals surface area contributed by atoms with Gasteiger partial charge in [0.15, 0.2) is 0 Å². The van der Waals surface area contributed by atoms with Gasteiger partial charge in [-0.05, 0) is 32.6 Å². The van der Waals surface area contributed by atoms with Crippen LogP contribution >= 0.6 is 0 Å². The maximum Gasteiger partial charge on any atom is 0.104 e. The van der Waals surface area contributed by atoms with Gasteiger partial charge in [-0.1, -0.05) is 26.2 Å². The number of nitrogens with one attached hydrogen (secondary N) is 1. The van der Waals surface area contributed by atoms with Crippen molar-refractivity contribution >= 4 is 0 Å². The van der Waals surface area contributed by atoms with Crippen molar-refractivity contribution in [1.29, 1.82) is 5.26 Å². The first-order valence-electron chi connectivity index (χ1n) is 5.78. The first kappa shape index (κ1) is 11.5. The summed E-state index contributed by atoms with van der Waals surface area (Å²) in [6.07, 6.45) is 6.10. The molecular formula is C12H22N2. The van der Waals surface area contributed by atoms with E-state index in [4.69, 9.17) is 0 Å². The zero-order valence-corrected chi connectivity index (χ0v) is 9.64. The first-order chi connectivity index (χ1) is 6.59. The molecule has 1 fully saturated rings. The molecular weight excluding hydrogens is 172 g/mol. The van der Waals surface area contributed by atoms with Crippen molar-refractivity contribution in [3.8, 4) is 6.07 Å². The average Bonchev–Trinajstić information content (AvgIpc) is 2.11. The SMILES string of the molecule is CCC(C)NC(C)(C#N)CC1CCC1. The Kier molecular flexibility index (Phi) is 3.95. The Bertz CT molecular complexity index is 206. The predicted molar refractivity (Wildman–Crippen MR) is 58.9 cm³/mol. The summed E-state index contributed by atoms with van der Waals surface area (Å²) in [6, 6.07) is 2.88. The number of nitriles is 1. The predicted octanol–water partition coefficient (Wildman–Crippen LogP) is 2.85. The van der Waals surface area contributed by atoms with Crippen LogP contribution < -0.4 is 5.32 Å². The van der Waals surface area contributed by atoms with Gasteiger partial charge in [0, 0.05) is 6.04 Å². The summed E-state index contributed by atoms with van der Waals surface area (Å²) in [5.74, 6) is 0.788. The third kappa shape index (κ3) is 2.99. The van der Waals surface area contributed by atoms with Crippen LogP contribution in [0.5, 0.6) is 0 Å². The minimum absolute atomic E-state index is 0.305. The lowest BCUT2D eigenvalue weighted by Gasteiger charge is -2.34. The number of rotatable bonds is 5. The summed E-state index contributed by atoms with van der Waals surface area (Å²) < 4.78 is 0. The number of hydrogen-bond donors (Lipinski definition) is 1. The van der Waals surface area contributed by atoms with Crippen LogP contribution in [0, 0.1) is 17.2 Å². The fourth-order valence-electron chi connectivity index (χ4n) is 2.06. The highest BCUT2D eigenvalue weighted by atomic mass is 15.0.